The van der Waals surface area contributed by atoms with Crippen LogP contribution < -0.4 is 10.6 Å². The van der Waals surface area contributed by atoms with Crippen molar-refractivity contribution in [1.82, 2.24) is 15.5 Å². The average molecular weight is 247 g/mol. The Hall–Kier alpha value is -1.39. The summed E-state index contributed by atoms with van der Waals surface area (Å²) in [6.07, 6.45) is 0. The molecule has 4 nitrogen and oxygen atoms in total. The van der Waals surface area contributed by atoms with Gasteiger partial charge in [0, 0.05) is 39.6 Å². The van der Waals surface area contributed by atoms with Crippen LogP contribution in [0.1, 0.15) is 18.5 Å². The highest BCUT2D eigenvalue weighted by molar-refractivity contribution is 5.73. The molecule has 4 heteroatoms. The molecule has 1 fully saturated rings. The summed E-state index contributed by atoms with van der Waals surface area (Å²) in [5.41, 5.74) is 1.17. The van der Waals surface area contributed by atoms with E-state index in [0.29, 0.717) is 0 Å². The molecule has 0 aromatic heterocycles. The molecule has 0 radical (unpaired) electrons. The van der Waals surface area contributed by atoms with Crippen molar-refractivity contribution >= 4 is 5.91 Å². The normalized spacial score (nSPS) is 18.3. The van der Waals surface area contributed by atoms with E-state index in [-0.39, 0.29) is 11.9 Å². The van der Waals surface area contributed by atoms with Gasteiger partial charge in [-0.3, -0.25) is 9.69 Å². The van der Waals surface area contributed by atoms with Gasteiger partial charge >= 0.3 is 0 Å². The number of nitrogens with one attached hydrogen (secondary N) is 2. The van der Waals surface area contributed by atoms with Gasteiger partial charge in [-0.2, -0.15) is 0 Å². The van der Waals surface area contributed by atoms with E-state index in [1.165, 1.54) is 5.56 Å². The molecule has 1 aromatic rings. The van der Waals surface area contributed by atoms with E-state index in [4.69, 9.17) is 0 Å². The molecule has 0 bridgehead atoms. The Morgan fingerprint density at radius 3 is 2.61 bits per heavy atom. The molecule has 2 N–H and O–H groups in total. The summed E-state index contributed by atoms with van der Waals surface area (Å²) >= 11 is 0. The first-order valence-electron chi connectivity index (χ1n) is 6.51. The smallest absolute Gasteiger partial charge is 0.217 e. The first-order valence-corrected chi connectivity index (χ1v) is 6.51. The maximum atomic E-state index is 11.3. The van der Waals surface area contributed by atoms with Crippen molar-refractivity contribution in [2.75, 3.05) is 32.7 Å². The highest BCUT2D eigenvalue weighted by atomic mass is 16.1. The van der Waals surface area contributed by atoms with Crippen LogP contribution in [0.4, 0.5) is 0 Å². The summed E-state index contributed by atoms with van der Waals surface area (Å²) < 4.78 is 0. The molecule has 1 aliphatic heterocycles. The predicted molar refractivity (Wildman–Crippen MR) is 72.3 cm³/mol. The molecule has 0 unspecified atom stereocenters. The fourth-order valence-corrected chi connectivity index (χ4v) is 2.32. The Morgan fingerprint density at radius 2 is 2.00 bits per heavy atom. The summed E-state index contributed by atoms with van der Waals surface area (Å²) in [6, 6.07) is 10.3. The molecule has 0 aliphatic carbocycles. The third kappa shape index (κ3) is 3.82. The van der Waals surface area contributed by atoms with Crippen LogP contribution in [-0.4, -0.2) is 43.5 Å². The minimum Gasteiger partial charge on any atom is -0.348 e. The lowest BCUT2D eigenvalue weighted by Crippen LogP contribution is -2.47. The predicted octanol–water partition coefficient (Wildman–Crippen LogP) is 0.769. The molecule has 1 atom stereocenters. The molecular formula is C14H21N3O. The number of amides is 1. The molecule has 1 saturated heterocycles. The summed E-state index contributed by atoms with van der Waals surface area (Å²) in [7, 11) is 0. The van der Waals surface area contributed by atoms with E-state index in [1.807, 2.05) is 18.2 Å². The van der Waals surface area contributed by atoms with E-state index in [2.05, 4.69) is 27.7 Å². The lowest BCUT2D eigenvalue weighted by Gasteiger charge is -2.31. The zero-order chi connectivity index (χ0) is 12.8. The minimum atomic E-state index is 0.0268. The zero-order valence-corrected chi connectivity index (χ0v) is 10.9. The van der Waals surface area contributed by atoms with Crippen LogP contribution in [0, 0.1) is 0 Å². The summed E-state index contributed by atoms with van der Waals surface area (Å²) in [5.74, 6) is 0.0268. The maximum absolute atomic E-state index is 11.3. The summed E-state index contributed by atoms with van der Waals surface area (Å²) in [6.45, 7) is 6.61. The van der Waals surface area contributed by atoms with E-state index < -0.39 is 0 Å². The quantitative estimate of drug-likeness (QED) is 0.826. The molecule has 1 heterocycles. The third-order valence-corrected chi connectivity index (χ3v) is 3.23. The Labute approximate surface area is 108 Å². The lowest BCUT2D eigenvalue weighted by atomic mass is 10.1. The van der Waals surface area contributed by atoms with Gasteiger partial charge in [-0.1, -0.05) is 30.3 Å². The summed E-state index contributed by atoms with van der Waals surface area (Å²) in [4.78, 5) is 13.7. The van der Waals surface area contributed by atoms with Crippen molar-refractivity contribution in [3.05, 3.63) is 35.9 Å². The van der Waals surface area contributed by atoms with Gasteiger partial charge in [0.05, 0.1) is 6.04 Å². The van der Waals surface area contributed by atoms with Gasteiger partial charge < -0.3 is 10.6 Å². The fourth-order valence-electron chi connectivity index (χ4n) is 2.32. The number of carbonyl (C=O) groups is 1. The van der Waals surface area contributed by atoms with E-state index in [0.717, 1.165) is 32.7 Å². The molecular weight excluding hydrogens is 226 g/mol. The Balaban J connectivity index is 2.02. The molecule has 1 aliphatic rings. The second-order valence-corrected chi connectivity index (χ2v) is 4.71. The molecule has 0 saturated carbocycles. The standard InChI is InChI=1S/C14H21N3O/c1-12(18)16-14(13-5-3-2-4-6-13)11-17-9-7-15-8-10-17/h2-6,14-15H,7-11H2,1H3,(H,16,18)/t14-/m1/s1. The molecule has 1 aromatic carbocycles. The van der Waals surface area contributed by atoms with Crippen LogP contribution in [0.5, 0.6) is 0 Å². The van der Waals surface area contributed by atoms with Crippen LogP contribution in [0.25, 0.3) is 0 Å². The second-order valence-electron chi connectivity index (χ2n) is 4.71. The van der Waals surface area contributed by atoms with Gasteiger partial charge in [0.2, 0.25) is 5.91 Å². The van der Waals surface area contributed by atoms with Gasteiger partial charge in [0.15, 0.2) is 0 Å². The van der Waals surface area contributed by atoms with Gasteiger partial charge in [0.1, 0.15) is 0 Å². The van der Waals surface area contributed by atoms with Crippen molar-refractivity contribution in [3.63, 3.8) is 0 Å². The molecule has 18 heavy (non-hydrogen) atoms. The first-order chi connectivity index (χ1) is 8.75. The second kappa shape index (κ2) is 6.52. The number of hydrogen-bond donors (Lipinski definition) is 2. The third-order valence-electron chi connectivity index (χ3n) is 3.23. The largest absolute Gasteiger partial charge is 0.348 e. The van der Waals surface area contributed by atoms with Crippen molar-refractivity contribution in [2.45, 2.75) is 13.0 Å². The Morgan fingerprint density at radius 1 is 1.33 bits per heavy atom. The van der Waals surface area contributed by atoms with Crippen LogP contribution in [-0.2, 0) is 4.79 Å². The molecule has 98 valence electrons. The molecule has 0 spiro atoms. The monoisotopic (exact) mass is 247 g/mol. The van der Waals surface area contributed by atoms with Gasteiger partial charge in [-0.15, -0.1) is 0 Å². The first kappa shape index (κ1) is 13.1. The molecule has 2 rings (SSSR count). The van der Waals surface area contributed by atoms with Crippen molar-refractivity contribution < 1.29 is 4.79 Å². The number of carbonyl (C=O) groups excluding carboxylic acids is 1. The Bertz CT molecular complexity index is 374. The average Bonchev–Trinajstić information content (AvgIpc) is 2.40. The van der Waals surface area contributed by atoms with Gasteiger partial charge in [-0.25, -0.2) is 0 Å². The zero-order valence-electron chi connectivity index (χ0n) is 10.9. The SMILES string of the molecule is CC(=O)N[C@H](CN1CCNCC1)c1ccccc1. The number of benzene rings is 1. The van der Waals surface area contributed by atoms with Crippen molar-refractivity contribution in [1.29, 1.82) is 0 Å². The van der Waals surface area contributed by atoms with Gasteiger partial charge in [0.25, 0.3) is 0 Å². The number of piperazine rings is 1. The van der Waals surface area contributed by atoms with Crippen LogP contribution in [0.3, 0.4) is 0 Å². The van der Waals surface area contributed by atoms with Crippen molar-refractivity contribution in [3.8, 4) is 0 Å². The molecule has 1 amide bonds. The van der Waals surface area contributed by atoms with Crippen LogP contribution in [0.2, 0.25) is 0 Å². The Kier molecular flexibility index (Phi) is 4.73. The van der Waals surface area contributed by atoms with Gasteiger partial charge in [-0.05, 0) is 5.56 Å². The summed E-state index contributed by atoms with van der Waals surface area (Å²) in [5, 5.41) is 6.38. The number of hydrogen-bond acceptors (Lipinski definition) is 3. The maximum Gasteiger partial charge on any atom is 0.217 e. The van der Waals surface area contributed by atoms with E-state index >= 15 is 0 Å². The van der Waals surface area contributed by atoms with Crippen molar-refractivity contribution in [2.24, 2.45) is 0 Å². The minimum absolute atomic E-state index is 0.0268. The number of nitrogens with zero attached hydrogens (tertiary/aromatic N) is 1. The highest BCUT2D eigenvalue weighted by Crippen LogP contribution is 2.14. The van der Waals surface area contributed by atoms with E-state index in [9.17, 15) is 4.79 Å². The van der Waals surface area contributed by atoms with E-state index in [1.54, 1.807) is 6.92 Å². The number of rotatable bonds is 4. The fraction of sp³-hybridized carbons (Fsp3) is 0.500. The van der Waals surface area contributed by atoms with Crippen LogP contribution >= 0.6 is 0 Å². The van der Waals surface area contributed by atoms with Crippen LogP contribution in [0.15, 0.2) is 30.3 Å². The highest BCUT2D eigenvalue weighted by Gasteiger charge is 2.18. The lowest BCUT2D eigenvalue weighted by molar-refractivity contribution is -0.119. The topological polar surface area (TPSA) is 44.4 Å².